The van der Waals surface area contributed by atoms with E-state index in [1.54, 1.807) is 0 Å². The van der Waals surface area contributed by atoms with Crippen molar-refractivity contribution >= 4 is 5.91 Å². The van der Waals surface area contributed by atoms with E-state index in [1.807, 2.05) is 0 Å². The Bertz CT molecular complexity index is 687. The number of amides is 1. The molecule has 0 aromatic heterocycles. The summed E-state index contributed by atoms with van der Waals surface area (Å²) in [7, 11) is 0. The van der Waals surface area contributed by atoms with Gasteiger partial charge in [0, 0.05) is 0 Å². The van der Waals surface area contributed by atoms with E-state index in [0.29, 0.717) is 12.8 Å². The van der Waals surface area contributed by atoms with Gasteiger partial charge in [-0.2, -0.15) is 0 Å². The van der Waals surface area contributed by atoms with Crippen LogP contribution in [0.25, 0.3) is 0 Å². The van der Waals surface area contributed by atoms with Crippen LogP contribution in [-0.4, -0.2) is 57.3 Å². The second kappa shape index (κ2) is 37.3. The maximum Gasteiger partial charge on any atom is 0.249 e. The summed E-state index contributed by atoms with van der Waals surface area (Å²) in [5, 5.41) is 43.5. The van der Waals surface area contributed by atoms with E-state index < -0.39 is 36.9 Å². The van der Waals surface area contributed by atoms with Gasteiger partial charge in [-0.3, -0.25) is 4.79 Å². The van der Waals surface area contributed by atoms with Crippen LogP contribution in [0.15, 0.2) is 12.2 Å². The zero-order valence-corrected chi connectivity index (χ0v) is 32.0. The predicted molar refractivity (Wildman–Crippen MR) is 205 cm³/mol. The molecule has 4 unspecified atom stereocenters. The summed E-state index contributed by atoms with van der Waals surface area (Å²) in [6.07, 6.45) is 39.5. The van der Waals surface area contributed by atoms with Crippen LogP contribution in [0.4, 0.5) is 0 Å². The molecule has 0 fully saturated rings. The Morgan fingerprint density at radius 3 is 1.23 bits per heavy atom. The molecule has 5 N–H and O–H groups in total. The van der Waals surface area contributed by atoms with Crippen LogP contribution in [0.2, 0.25) is 0 Å². The number of nitrogens with one attached hydrogen (secondary N) is 1. The number of carbonyl (C=O) groups is 1. The second-order valence-electron chi connectivity index (χ2n) is 14.7. The van der Waals surface area contributed by atoms with E-state index in [0.717, 1.165) is 51.4 Å². The molecule has 0 saturated heterocycles. The highest BCUT2D eigenvalue weighted by molar-refractivity contribution is 5.80. The van der Waals surface area contributed by atoms with Crippen LogP contribution in [0.5, 0.6) is 0 Å². The third-order valence-corrected chi connectivity index (χ3v) is 9.98. The maximum atomic E-state index is 12.5. The van der Waals surface area contributed by atoms with Crippen LogP contribution in [-0.2, 0) is 4.79 Å². The summed E-state index contributed by atoms with van der Waals surface area (Å²) in [5.41, 5.74) is 0. The van der Waals surface area contributed by atoms with Crippen molar-refractivity contribution in [2.75, 3.05) is 6.61 Å². The van der Waals surface area contributed by atoms with Gasteiger partial charge in [0.15, 0.2) is 0 Å². The zero-order valence-electron chi connectivity index (χ0n) is 32.0. The summed E-state index contributed by atoms with van der Waals surface area (Å²) in [4.78, 5) is 12.5. The molecule has 4 atom stereocenters. The molecule has 0 bridgehead atoms. The predicted octanol–water partition coefficient (Wildman–Crippen LogP) is 10.6. The van der Waals surface area contributed by atoms with Crippen molar-refractivity contribution in [2.45, 2.75) is 244 Å². The minimum absolute atomic E-state index is 0.370. The number of hydrogen-bond acceptors (Lipinski definition) is 5. The van der Waals surface area contributed by atoms with Gasteiger partial charge in [0.05, 0.1) is 18.8 Å². The Morgan fingerprint density at radius 2 is 0.833 bits per heavy atom. The Morgan fingerprint density at radius 1 is 0.500 bits per heavy atom. The quantitative estimate of drug-likeness (QED) is 0.0329. The lowest BCUT2D eigenvalue weighted by molar-refractivity contribution is -0.132. The van der Waals surface area contributed by atoms with Gasteiger partial charge >= 0.3 is 0 Å². The number of hydrogen-bond donors (Lipinski definition) is 5. The van der Waals surface area contributed by atoms with Crippen molar-refractivity contribution in [3.63, 3.8) is 0 Å². The monoisotopic (exact) mass is 682 g/mol. The van der Waals surface area contributed by atoms with E-state index in [4.69, 9.17) is 0 Å². The van der Waals surface area contributed by atoms with Crippen LogP contribution < -0.4 is 5.32 Å². The van der Waals surface area contributed by atoms with Gasteiger partial charge in [0.25, 0.3) is 0 Å². The third-order valence-electron chi connectivity index (χ3n) is 9.98. The Balaban J connectivity index is 3.72. The molecule has 48 heavy (non-hydrogen) atoms. The normalized spacial score (nSPS) is 14.4. The van der Waals surface area contributed by atoms with Crippen LogP contribution >= 0.6 is 0 Å². The smallest absolute Gasteiger partial charge is 0.249 e. The van der Waals surface area contributed by atoms with Gasteiger partial charge in [0.2, 0.25) is 5.91 Å². The highest BCUT2D eigenvalue weighted by Gasteiger charge is 2.28. The maximum absolute atomic E-state index is 12.5. The molecule has 6 nitrogen and oxygen atoms in total. The van der Waals surface area contributed by atoms with Gasteiger partial charge < -0.3 is 25.7 Å². The van der Waals surface area contributed by atoms with Gasteiger partial charge in [-0.1, -0.05) is 193 Å². The molecule has 0 radical (unpaired) electrons. The van der Waals surface area contributed by atoms with Crippen LogP contribution in [0.1, 0.15) is 219 Å². The summed E-state index contributed by atoms with van der Waals surface area (Å²) in [5.74, 6) is -0.588. The zero-order chi connectivity index (χ0) is 35.3. The van der Waals surface area contributed by atoms with Crippen LogP contribution in [0.3, 0.4) is 0 Å². The van der Waals surface area contributed by atoms with Gasteiger partial charge in [-0.25, -0.2) is 0 Å². The number of aliphatic hydroxyl groups is 4. The molecule has 0 aliphatic carbocycles. The summed E-state index contributed by atoms with van der Waals surface area (Å²) in [6, 6.07) is -0.989. The van der Waals surface area contributed by atoms with Gasteiger partial charge in [-0.15, -0.1) is 0 Å². The first kappa shape index (κ1) is 47.0. The van der Waals surface area contributed by atoms with E-state index in [1.165, 1.54) is 141 Å². The highest BCUT2D eigenvalue weighted by Crippen LogP contribution is 2.16. The van der Waals surface area contributed by atoms with Crippen molar-refractivity contribution in [1.82, 2.24) is 5.32 Å². The first-order valence-corrected chi connectivity index (χ1v) is 21.1. The Hall–Kier alpha value is -0.950. The molecular formula is C42H83NO5. The number of rotatable bonds is 38. The summed E-state index contributed by atoms with van der Waals surface area (Å²) in [6.45, 7) is 4.03. The molecule has 286 valence electrons. The molecule has 1 amide bonds. The fourth-order valence-electron chi connectivity index (χ4n) is 6.57. The van der Waals surface area contributed by atoms with Crippen molar-refractivity contribution in [3.8, 4) is 0 Å². The SMILES string of the molecule is CCCCCCCC=CCCCCCC(O)C(O)C(CO)NC(=O)C(O)CCCCCCCCCCCCCCCCCCCCCC. The number of allylic oxidation sites excluding steroid dienone is 2. The van der Waals surface area contributed by atoms with Crippen molar-refractivity contribution in [1.29, 1.82) is 0 Å². The number of aliphatic hydroxyl groups excluding tert-OH is 4. The molecule has 0 aromatic rings. The fourth-order valence-corrected chi connectivity index (χ4v) is 6.57. The minimum Gasteiger partial charge on any atom is -0.394 e. The van der Waals surface area contributed by atoms with Crippen LogP contribution in [0, 0.1) is 0 Å². The lowest BCUT2D eigenvalue weighted by atomic mass is 9.99. The molecule has 0 spiro atoms. The third kappa shape index (κ3) is 31.1. The highest BCUT2D eigenvalue weighted by atomic mass is 16.3. The summed E-state index contributed by atoms with van der Waals surface area (Å²) >= 11 is 0. The van der Waals surface area contributed by atoms with Gasteiger partial charge in [0.1, 0.15) is 12.2 Å². The minimum atomic E-state index is -1.27. The molecule has 0 aliphatic heterocycles. The molecule has 0 aromatic carbocycles. The Labute approximate surface area is 298 Å². The average molecular weight is 682 g/mol. The summed E-state index contributed by atoms with van der Waals surface area (Å²) < 4.78 is 0. The van der Waals surface area contributed by atoms with E-state index in [9.17, 15) is 25.2 Å². The molecule has 0 saturated carbocycles. The molecule has 0 aliphatic rings. The topological polar surface area (TPSA) is 110 Å². The standard InChI is InChI=1S/C42H83NO5/c1-3-5-7-9-11-13-15-17-18-19-20-21-22-23-24-26-28-30-32-34-36-40(46)42(48)43-38(37-44)41(47)39(45)35-33-31-29-27-25-16-14-12-10-8-6-4-2/h16,25,38-41,44-47H,3-15,17-24,26-37H2,1-2H3,(H,43,48). The molecule has 6 heteroatoms. The first-order valence-electron chi connectivity index (χ1n) is 21.1. The first-order chi connectivity index (χ1) is 23.5. The average Bonchev–Trinajstić information content (AvgIpc) is 3.09. The molecular weight excluding hydrogens is 598 g/mol. The van der Waals surface area contributed by atoms with Crippen molar-refractivity contribution < 1.29 is 25.2 Å². The van der Waals surface area contributed by atoms with Crippen molar-refractivity contribution in [3.05, 3.63) is 12.2 Å². The number of unbranched alkanes of at least 4 members (excludes halogenated alkanes) is 27. The lowest BCUT2D eigenvalue weighted by Crippen LogP contribution is -2.53. The molecule has 0 heterocycles. The second-order valence-corrected chi connectivity index (χ2v) is 14.7. The molecule has 0 rings (SSSR count). The van der Waals surface area contributed by atoms with Crippen molar-refractivity contribution in [2.24, 2.45) is 0 Å². The Kier molecular flexibility index (Phi) is 36.6. The fraction of sp³-hybridized carbons (Fsp3) is 0.929. The van der Waals surface area contributed by atoms with E-state index >= 15 is 0 Å². The largest absolute Gasteiger partial charge is 0.394 e. The lowest BCUT2D eigenvalue weighted by Gasteiger charge is -2.27. The van der Waals surface area contributed by atoms with Gasteiger partial charge in [-0.05, 0) is 38.5 Å². The van der Waals surface area contributed by atoms with E-state index in [-0.39, 0.29) is 0 Å². The number of carbonyl (C=O) groups excluding carboxylic acids is 1. The van der Waals surface area contributed by atoms with E-state index in [2.05, 4.69) is 31.3 Å².